The summed E-state index contributed by atoms with van der Waals surface area (Å²) in [7, 11) is 0. The summed E-state index contributed by atoms with van der Waals surface area (Å²) in [4.78, 5) is 13.5. The summed E-state index contributed by atoms with van der Waals surface area (Å²) in [5.41, 5.74) is -2.59. The van der Waals surface area contributed by atoms with Gasteiger partial charge in [0.15, 0.2) is 0 Å². The summed E-state index contributed by atoms with van der Waals surface area (Å²) in [5.74, 6) is -2.39. The lowest BCUT2D eigenvalue weighted by Crippen LogP contribution is -2.24. The fourth-order valence-corrected chi connectivity index (χ4v) is 1.15. The second-order valence-electron chi connectivity index (χ2n) is 2.88. The van der Waals surface area contributed by atoms with Crippen molar-refractivity contribution < 1.29 is 31.1 Å². The third-order valence-electron chi connectivity index (χ3n) is 1.64. The highest BCUT2D eigenvalue weighted by Gasteiger charge is 2.42. The van der Waals surface area contributed by atoms with Gasteiger partial charge in [-0.05, 0) is 6.07 Å². The van der Waals surface area contributed by atoms with Gasteiger partial charge in [0.2, 0.25) is 0 Å². The number of aromatic nitrogens is 1. The van der Waals surface area contributed by atoms with E-state index in [1.807, 2.05) is 0 Å². The molecule has 0 atom stereocenters. The highest BCUT2D eigenvalue weighted by molar-refractivity contribution is 6.33. The van der Waals surface area contributed by atoms with Crippen LogP contribution >= 0.6 is 11.6 Å². The van der Waals surface area contributed by atoms with E-state index in [1.54, 1.807) is 0 Å². The first-order valence-electron chi connectivity index (χ1n) is 3.87. The van der Waals surface area contributed by atoms with E-state index < -0.39 is 34.4 Å². The highest BCUT2D eigenvalue weighted by Crippen LogP contribution is 2.32. The van der Waals surface area contributed by atoms with Crippen LogP contribution in [0.1, 0.15) is 16.1 Å². The maximum absolute atomic E-state index is 12.1. The number of nitrogens with zero attached hydrogens (tertiary/aromatic N) is 1. The minimum atomic E-state index is -5.24. The van der Waals surface area contributed by atoms with Crippen LogP contribution in [0.15, 0.2) is 12.3 Å². The van der Waals surface area contributed by atoms with Gasteiger partial charge < -0.3 is 0 Å². The van der Waals surface area contributed by atoms with Crippen molar-refractivity contribution in [2.24, 2.45) is 0 Å². The summed E-state index contributed by atoms with van der Waals surface area (Å²) in [6.07, 6.45) is -9.92. The lowest BCUT2D eigenvalue weighted by Gasteiger charge is -2.09. The minimum Gasteiger partial charge on any atom is -0.282 e. The fourth-order valence-electron chi connectivity index (χ4n) is 0.894. The average molecular weight is 278 g/mol. The molecular formula is C8H2ClF6NO. The quantitative estimate of drug-likeness (QED) is 0.581. The van der Waals surface area contributed by atoms with Crippen molar-refractivity contribution in [3.05, 3.63) is 28.5 Å². The zero-order valence-corrected chi connectivity index (χ0v) is 8.41. The number of hydrogen-bond acceptors (Lipinski definition) is 2. The molecule has 0 aromatic carbocycles. The first kappa shape index (κ1) is 13.8. The minimum absolute atomic E-state index is 0.116. The predicted octanol–water partition coefficient (Wildman–Crippen LogP) is 3.50. The zero-order valence-electron chi connectivity index (χ0n) is 7.66. The molecule has 17 heavy (non-hydrogen) atoms. The van der Waals surface area contributed by atoms with Crippen molar-refractivity contribution >= 4 is 17.4 Å². The number of Topliss-reactive ketones (excluding diaryl/α,β-unsaturated/α-hetero) is 1. The molecule has 9 heteroatoms. The number of pyridine rings is 1. The molecule has 0 aliphatic heterocycles. The summed E-state index contributed by atoms with van der Waals surface area (Å²) in [5, 5.41) is -0.998. The lowest BCUT2D eigenvalue weighted by molar-refractivity contribution is -0.137. The molecule has 1 aromatic rings. The molecule has 0 radical (unpaired) electrons. The Morgan fingerprint density at radius 2 is 1.71 bits per heavy atom. The van der Waals surface area contributed by atoms with Gasteiger partial charge in [0.25, 0.3) is 5.78 Å². The molecule has 0 aliphatic carbocycles. The maximum Gasteiger partial charge on any atom is 0.456 e. The van der Waals surface area contributed by atoms with Gasteiger partial charge in [-0.1, -0.05) is 11.6 Å². The van der Waals surface area contributed by atoms with Gasteiger partial charge in [-0.3, -0.25) is 9.78 Å². The van der Waals surface area contributed by atoms with Crippen molar-refractivity contribution in [3.8, 4) is 0 Å². The van der Waals surface area contributed by atoms with Crippen LogP contribution in [0.4, 0.5) is 26.3 Å². The van der Waals surface area contributed by atoms with Crippen LogP contribution in [0.2, 0.25) is 5.02 Å². The summed E-state index contributed by atoms with van der Waals surface area (Å²) in [6.45, 7) is 0. The Balaban J connectivity index is 3.20. The molecule has 1 heterocycles. The molecule has 94 valence electrons. The second-order valence-corrected chi connectivity index (χ2v) is 3.29. The van der Waals surface area contributed by atoms with Crippen LogP contribution < -0.4 is 0 Å². The van der Waals surface area contributed by atoms with E-state index >= 15 is 0 Å². The fraction of sp³-hybridized carbons (Fsp3) is 0.250. The number of hydrogen-bond donors (Lipinski definition) is 0. The van der Waals surface area contributed by atoms with Gasteiger partial charge in [0, 0.05) is 6.20 Å². The number of carbonyl (C=O) groups is 1. The van der Waals surface area contributed by atoms with E-state index in [2.05, 4.69) is 4.98 Å². The zero-order chi connectivity index (χ0) is 13.4. The number of ketones is 1. The molecule has 0 spiro atoms. The van der Waals surface area contributed by atoms with E-state index in [0.717, 1.165) is 0 Å². The topological polar surface area (TPSA) is 30.0 Å². The molecule has 1 aromatic heterocycles. The first-order valence-corrected chi connectivity index (χ1v) is 4.25. The van der Waals surface area contributed by atoms with Crippen molar-refractivity contribution in [2.75, 3.05) is 0 Å². The molecule has 0 aliphatic rings. The maximum atomic E-state index is 12.1. The van der Waals surface area contributed by atoms with Crippen LogP contribution in [0.3, 0.4) is 0 Å². The van der Waals surface area contributed by atoms with Crippen LogP contribution in [-0.4, -0.2) is 16.9 Å². The molecule has 0 bridgehead atoms. The van der Waals surface area contributed by atoms with Crippen LogP contribution in [0.5, 0.6) is 0 Å². The SMILES string of the molecule is O=C(c1ncc(C(F)(F)F)cc1Cl)C(F)(F)F. The van der Waals surface area contributed by atoms with E-state index in [0.29, 0.717) is 0 Å². The molecule has 0 fully saturated rings. The summed E-state index contributed by atoms with van der Waals surface area (Å²) < 4.78 is 72.3. The van der Waals surface area contributed by atoms with Crippen molar-refractivity contribution in [2.45, 2.75) is 12.4 Å². The summed E-state index contributed by atoms with van der Waals surface area (Å²) >= 11 is 5.15. The Kier molecular flexibility index (Phi) is 3.37. The van der Waals surface area contributed by atoms with E-state index in [4.69, 9.17) is 11.6 Å². The van der Waals surface area contributed by atoms with Gasteiger partial charge >= 0.3 is 12.4 Å². The Bertz CT molecular complexity index is 452. The molecular weight excluding hydrogens is 276 g/mol. The van der Waals surface area contributed by atoms with Crippen LogP contribution in [-0.2, 0) is 6.18 Å². The molecule has 0 unspecified atom stereocenters. The van der Waals surface area contributed by atoms with E-state index in [9.17, 15) is 31.1 Å². The normalized spacial score (nSPS) is 12.6. The lowest BCUT2D eigenvalue weighted by atomic mass is 10.2. The largest absolute Gasteiger partial charge is 0.456 e. The number of carbonyl (C=O) groups excluding carboxylic acids is 1. The number of rotatable bonds is 1. The molecule has 0 saturated heterocycles. The molecule has 0 saturated carbocycles. The Labute approximate surface area is 95.2 Å². The average Bonchev–Trinajstić information content (AvgIpc) is 2.13. The van der Waals surface area contributed by atoms with Gasteiger partial charge in [-0.2, -0.15) is 26.3 Å². The molecule has 1 rings (SSSR count). The standard InChI is InChI=1S/C8H2ClF6NO/c9-4-1-3(7(10,11)12)2-16-5(4)6(17)8(13,14)15/h1-2H. The predicted molar refractivity (Wildman–Crippen MR) is 44.6 cm³/mol. The third kappa shape index (κ3) is 3.09. The van der Waals surface area contributed by atoms with Gasteiger partial charge in [0.1, 0.15) is 5.69 Å². The van der Waals surface area contributed by atoms with Gasteiger partial charge in [-0.25, -0.2) is 0 Å². The molecule has 0 amide bonds. The molecule has 0 N–H and O–H groups in total. The Hall–Kier alpha value is -1.31. The third-order valence-corrected chi connectivity index (χ3v) is 1.93. The van der Waals surface area contributed by atoms with Crippen LogP contribution in [0, 0.1) is 0 Å². The second kappa shape index (κ2) is 4.17. The van der Waals surface area contributed by atoms with Crippen molar-refractivity contribution in [1.29, 1.82) is 0 Å². The van der Waals surface area contributed by atoms with Crippen LogP contribution in [0.25, 0.3) is 0 Å². The van der Waals surface area contributed by atoms with Gasteiger partial charge in [-0.15, -0.1) is 0 Å². The monoisotopic (exact) mass is 277 g/mol. The highest BCUT2D eigenvalue weighted by atomic mass is 35.5. The Morgan fingerprint density at radius 3 is 2.06 bits per heavy atom. The molecule has 2 nitrogen and oxygen atoms in total. The first-order chi connectivity index (χ1) is 7.53. The smallest absolute Gasteiger partial charge is 0.282 e. The van der Waals surface area contributed by atoms with Crippen molar-refractivity contribution in [3.63, 3.8) is 0 Å². The van der Waals surface area contributed by atoms with E-state index in [-0.39, 0.29) is 12.3 Å². The Morgan fingerprint density at radius 1 is 1.18 bits per heavy atom. The summed E-state index contributed by atoms with van der Waals surface area (Å²) in [6, 6.07) is 0.216. The van der Waals surface area contributed by atoms with E-state index in [1.165, 1.54) is 0 Å². The number of alkyl halides is 6. The van der Waals surface area contributed by atoms with Gasteiger partial charge in [0.05, 0.1) is 10.6 Å². The van der Waals surface area contributed by atoms with Crippen molar-refractivity contribution in [1.82, 2.24) is 4.98 Å². The number of halogens is 7.